The summed E-state index contributed by atoms with van der Waals surface area (Å²) in [4.78, 5) is 38.3. The summed E-state index contributed by atoms with van der Waals surface area (Å²) in [6, 6.07) is 16.6. The van der Waals surface area contributed by atoms with Gasteiger partial charge in [-0.25, -0.2) is 12.8 Å². The molecule has 0 radical (unpaired) electrons. The van der Waals surface area contributed by atoms with E-state index in [1.165, 1.54) is 67.6 Å². The Labute approximate surface area is 226 Å². The number of nitro groups is 1. The van der Waals surface area contributed by atoms with E-state index < -0.39 is 45.2 Å². The molecule has 3 aromatic rings. The second-order valence-electron chi connectivity index (χ2n) is 9.05. The third-order valence-electron chi connectivity index (χ3n) is 5.84. The van der Waals surface area contributed by atoms with Crippen LogP contribution in [0.25, 0.3) is 0 Å². The summed E-state index contributed by atoms with van der Waals surface area (Å²) in [5.74, 6) is -1.92. The van der Waals surface area contributed by atoms with Crippen LogP contribution in [0.2, 0.25) is 0 Å². The van der Waals surface area contributed by atoms with Crippen LogP contribution < -0.4 is 9.62 Å². The highest BCUT2D eigenvalue weighted by molar-refractivity contribution is 7.92. The fourth-order valence-electron chi connectivity index (χ4n) is 3.81. The zero-order chi connectivity index (χ0) is 28.7. The van der Waals surface area contributed by atoms with E-state index in [1.54, 1.807) is 26.0 Å². The lowest BCUT2D eigenvalue weighted by atomic mass is 10.1. The Morgan fingerprint density at radius 3 is 2.23 bits per heavy atom. The van der Waals surface area contributed by atoms with Gasteiger partial charge in [0.2, 0.25) is 11.8 Å². The minimum absolute atomic E-state index is 0.119. The van der Waals surface area contributed by atoms with E-state index in [4.69, 9.17) is 0 Å². The van der Waals surface area contributed by atoms with Crippen molar-refractivity contribution in [2.24, 2.45) is 0 Å². The standard InChI is InChI=1S/C27H29FN4O6S/c1-19(2)29-27(34)20(3)30(17-21-10-7-8-15-25(21)28)26(33)18-31(22-11-9-12-23(16-22)32(35)36)39(37,38)24-13-5-4-6-14-24/h4-16,19-20H,17-18H2,1-3H3,(H,29,34). The molecule has 0 saturated heterocycles. The first-order valence-electron chi connectivity index (χ1n) is 12.1. The summed E-state index contributed by atoms with van der Waals surface area (Å²) in [5.41, 5.74) is -0.365. The Morgan fingerprint density at radius 1 is 0.974 bits per heavy atom. The number of nitrogens with zero attached hydrogens (tertiary/aromatic N) is 3. The number of non-ortho nitro benzene ring substituents is 1. The number of carbonyl (C=O) groups excluding carboxylic acids is 2. The second kappa shape index (κ2) is 12.5. The first kappa shape index (κ1) is 29.2. The fraction of sp³-hybridized carbons (Fsp3) is 0.259. The smallest absolute Gasteiger partial charge is 0.271 e. The zero-order valence-corrected chi connectivity index (χ0v) is 22.5. The van der Waals surface area contributed by atoms with Crippen molar-refractivity contribution >= 4 is 33.2 Å². The van der Waals surface area contributed by atoms with Gasteiger partial charge in [-0.15, -0.1) is 0 Å². The lowest BCUT2D eigenvalue weighted by Crippen LogP contribution is -2.52. The normalized spacial score (nSPS) is 12.0. The van der Waals surface area contributed by atoms with Crippen LogP contribution in [0.3, 0.4) is 0 Å². The Balaban J connectivity index is 2.08. The monoisotopic (exact) mass is 556 g/mol. The minimum atomic E-state index is -4.38. The van der Waals surface area contributed by atoms with Crippen molar-refractivity contribution < 1.29 is 27.3 Å². The molecule has 0 aromatic heterocycles. The van der Waals surface area contributed by atoms with Gasteiger partial charge in [-0.05, 0) is 45.0 Å². The van der Waals surface area contributed by atoms with Gasteiger partial charge in [-0.1, -0.05) is 42.5 Å². The van der Waals surface area contributed by atoms with E-state index in [2.05, 4.69) is 5.32 Å². The maximum atomic E-state index is 14.5. The molecule has 0 spiro atoms. The van der Waals surface area contributed by atoms with Crippen LogP contribution in [0.5, 0.6) is 0 Å². The van der Waals surface area contributed by atoms with E-state index in [-0.39, 0.29) is 34.4 Å². The maximum Gasteiger partial charge on any atom is 0.271 e. The molecule has 10 nitrogen and oxygen atoms in total. The predicted molar refractivity (Wildman–Crippen MR) is 144 cm³/mol. The molecule has 0 saturated carbocycles. The molecule has 39 heavy (non-hydrogen) atoms. The molecule has 0 heterocycles. The molecule has 3 rings (SSSR count). The predicted octanol–water partition coefficient (Wildman–Crippen LogP) is 3.87. The van der Waals surface area contributed by atoms with Crippen molar-refractivity contribution in [3.8, 4) is 0 Å². The number of hydrogen-bond donors (Lipinski definition) is 1. The highest BCUT2D eigenvalue weighted by atomic mass is 32.2. The molecule has 0 aliphatic heterocycles. The zero-order valence-electron chi connectivity index (χ0n) is 21.7. The molecule has 12 heteroatoms. The first-order valence-corrected chi connectivity index (χ1v) is 13.5. The molecule has 0 aliphatic rings. The fourth-order valence-corrected chi connectivity index (χ4v) is 5.24. The van der Waals surface area contributed by atoms with Gasteiger partial charge in [0.05, 0.1) is 15.5 Å². The van der Waals surface area contributed by atoms with Gasteiger partial charge >= 0.3 is 0 Å². The van der Waals surface area contributed by atoms with Crippen molar-refractivity contribution in [3.63, 3.8) is 0 Å². The Hall–Kier alpha value is -4.32. The van der Waals surface area contributed by atoms with Gasteiger partial charge in [0, 0.05) is 30.3 Å². The van der Waals surface area contributed by atoms with Crippen molar-refractivity contribution in [1.29, 1.82) is 0 Å². The topological polar surface area (TPSA) is 130 Å². The lowest BCUT2D eigenvalue weighted by molar-refractivity contribution is -0.384. The Kier molecular flexibility index (Phi) is 9.36. The highest BCUT2D eigenvalue weighted by Crippen LogP contribution is 2.27. The van der Waals surface area contributed by atoms with Gasteiger partial charge < -0.3 is 10.2 Å². The van der Waals surface area contributed by atoms with Gasteiger partial charge in [0.15, 0.2) is 0 Å². The van der Waals surface area contributed by atoms with Crippen LogP contribution in [0.4, 0.5) is 15.8 Å². The van der Waals surface area contributed by atoms with Crippen LogP contribution in [0.15, 0.2) is 83.8 Å². The average molecular weight is 557 g/mol. The quantitative estimate of drug-likeness (QED) is 0.282. The number of hydrogen-bond acceptors (Lipinski definition) is 6. The summed E-state index contributed by atoms with van der Waals surface area (Å²) in [6.07, 6.45) is 0. The number of benzene rings is 3. The van der Waals surface area contributed by atoms with Gasteiger partial charge in [-0.2, -0.15) is 0 Å². The minimum Gasteiger partial charge on any atom is -0.352 e. The number of amides is 2. The van der Waals surface area contributed by atoms with Crippen LogP contribution >= 0.6 is 0 Å². The molecule has 1 atom stereocenters. The molecule has 3 aromatic carbocycles. The van der Waals surface area contributed by atoms with E-state index in [1.807, 2.05) is 0 Å². The van der Waals surface area contributed by atoms with E-state index in [0.29, 0.717) is 0 Å². The van der Waals surface area contributed by atoms with Crippen LogP contribution in [0, 0.1) is 15.9 Å². The molecule has 0 aliphatic carbocycles. The number of nitrogens with one attached hydrogen (secondary N) is 1. The number of nitro benzene ring substituents is 1. The number of rotatable bonds is 11. The lowest BCUT2D eigenvalue weighted by Gasteiger charge is -2.32. The van der Waals surface area contributed by atoms with Crippen LogP contribution in [-0.4, -0.2) is 48.7 Å². The van der Waals surface area contributed by atoms with Gasteiger partial charge in [-0.3, -0.25) is 24.0 Å². The summed E-state index contributed by atoms with van der Waals surface area (Å²) < 4.78 is 42.6. The summed E-state index contributed by atoms with van der Waals surface area (Å²) in [5, 5.41) is 14.1. The van der Waals surface area contributed by atoms with Crippen LogP contribution in [-0.2, 0) is 26.2 Å². The largest absolute Gasteiger partial charge is 0.352 e. The van der Waals surface area contributed by atoms with Crippen LogP contribution in [0.1, 0.15) is 26.3 Å². The molecule has 1 N–H and O–H groups in total. The Morgan fingerprint density at radius 2 is 1.62 bits per heavy atom. The number of carbonyl (C=O) groups is 2. The van der Waals surface area contributed by atoms with Crippen molar-refractivity contribution in [2.45, 2.75) is 44.3 Å². The molecule has 2 amide bonds. The van der Waals surface area contributed by atoms with E-state index in [9.17, 15) is 32.5 Å². The van der Waals surface area contributed by atoms with Gasteiger partial charge in [0.25, 0.3) is 15.7 Å². The third kappa shape index (κ3) is 7.17. The SMILES string of the molecule is CC(C)NC(=O)C(C)N(Cc1ccccc1F)C(=O)CN(c1cccc([N+](=O)[O-])c1)S(=O)(=O)c1ccccc1. The molecule has 0 fully saturated rings. The molecular formula is C27H29FN4O6S. The Bertz CT molecular complexity index is 1450. The molecule has 1 unspecified atom stereocenters. The van der Waals surface area contributed by atoms with Crippen molar-refractivity contribution in [1.82, 2.24) is 10.2 Å². The second-order valence-corrected chi connectivity index (χ2v) is 10.9. The van der Waals surface area contributed by atoms with Gasteiger partial charge in [0.1, 0.15) is 18.4 Å². The molecule has 0 bridgehead atoms. The average Bonchev–Trinajstić information content (AvgIpc) is 2.90. The van der Waals surface area contributed by atoms with E-state index in [0.717, 1.165) is 15.3 Å². The number of anilines is 1. The molecule has 206 valence electrons. The number of halogens is 1. The molecular weight excluding hydrogens is 527 g/mol. The first-order chi connectivity index (χ1) is 18.4. The maximum absolute atomic E-state index is 14.5. The van der Waals surface area contributed by atoms with Crippen molar-refractivity contribution in [2.75, 3.05) is 10.8 Å². The summed E-state index contributed by atoms with van der Waals surface area (Å²) in [7, 11) is -4.38. The van der Waals surface area contributed by atoms with E-state index >= 15 is 0 Å². The summed E-state index contributed by atoms with van der Waals surface area (Å²) >= 11 is 0. The summed E-state index contributed by atoms with van der Waals surface area (Å²) in [6.45, 7) is 3.83. The van der Waals surface area contributed by atoms with Crippen molar-refractivity contribution in [3.05, 3.63) is 100 Å². The number of sulfonamides is 1. The third-order valence-corrected chi connectivity index (χ3v) is 7.62. The highest BCUT2D eigenvalue weighted by Gasteiger charge is 2.33.